The van der Waals surface area contributed by atoms with Gasteiger partial charge in [-0.2, -0.15) is 0 Å². The fourth-order valence-corrected chi connectivity index (χ4v) is 10.7. The van der Waals surface area contributed by atoms with Gasteiger partial charge in [0.15, 0.2) is 0 Å². The molecule has 0 bridgehead atoms. The van der Waals surface area contributed by atoms with E-state index in [0.717, 1.165) is 68.3 Å². The number of aryl methyl sites for hydroxylation is 1. The molecule has 4 aromatic carbocycles. The smallest absolute Gasteiger partial charge is 0.255 e. The molecule has 2 saturated heterocycles. The Balaban J connectivity index is 0.708. The van der Waals surface area contributed by atoms with Crippen LogP contribution in [-0.2, 0) is 40.4 Å². The van der Waals surface area contributed by atoms with Gasteiger partial charge >= 0.3 is 0 Å². The molecular formula is C47H49N5O5. The number of piperidine rings is 1. The molecule has 3 fully saturated rings. The molecule has 4 aliphatic heterocycles. The van der Waals surface area contributed by atoms with Crippen LogP contribution in [0.4, 0.5) is 5.69 Å². The highest BCUT2D eigenvalue weighted by Gasteiger charge is 2.41. The highest BCUT2D eigenvalue weighted by molar-refractivity contribution is 6.05. The van der Waals surface area contributed by atoms with Crippen molar-refractivity contribution < 1.29 is 24.3 Å². The molecule has 4 heterocycles. The molecule has 2 aliphatic carbocycles. The number of imide groups is 1. The standard InChI is InChI=1S/C47H49N5O5/c53-38-15-17-40-31(21-38)10-16-39(28-4-2-1-3-5-28)44(40)29-8-13-37(14-9-29)50-26-36(27-50)48-35-11-6-30(7-12-35)46(56)51-23-32-20-34-25-52(42-18-19-43(54)49-45(42)55)47(57)41(34)22-33(32)24-51/h1-5,8-9,13-15,17,20-22,30,35-36,39,42,44,48,53H,6-7,10-12,16,18-19,23-27H2,(H,49,54,55)/t30?,35?,39-,42?,44+/m1/s1. The number of benzene rings is 4. The molecule has 3 N–H and O–H groups in total. The molecule has 0 aromatic heterocycles. The van der Waals surface area contributed by atoms with Gasteiger partial charge in [-0.3, -0.25) is 24.5 Å². The number of rotatable bonds is 7. The number of fused-ring (bicyclic) bond motifs is 3. The Hall–Kier alpha value is -5.48. The van der Waals surface area contributed by atoms with Crippen molar-refractivity contribution in [2.24, 2.45) is 5.92 Å². The lowest BCUT2D eigenvalue weighted by Crippen LogP contribution is -2.60. The van der Waals surface area contributed by atoms with Gasteiger partial charge in [0.2, 0.25) is 17.7 Å². The Bertz CT molecular complexity index is 2240. The zero-order valence-corrected chi connectivity index (χ0v) is 32.2. The van der Waals surface area contributed by atoms with E-state index in [-0.39, 0.29) is 36.0 Å². The van der Waals surface area contributed by atoms with Crippen LogP contribution in [-0.4, -0.2) is 69.8 Å². The Morgan fingerprint density at radius 1 is 0.702 bits per heavy atom. The molecular weight excluding hydrogens is 715 g/mol. The molecule has 1 unspecified atom stereocenters. The number of amides is 4. The summed E-state index contributed by atoms with van der Waals surface area (Å²) < 4.78 is 0. The summed E-state index contributed by atoms with van der Waals surface area (Å²) in [7, 11) is 0. The average molecular weight is 764 g/mol. The highest BCUT2D eigenvalue weighted by Crippen LogP contribution is 2.47. The normalized spacial score (nSPS) is 25.8. The molecule has 10 nitrogen and oxygen atoms in total. The minimum atomic E-state index is -0.626. The Morgan fingerprint density at radius 2 is 1.46 bits per heavy atom. The molecule has 4 amide bonds. The van der Waals surface area contributed by atoms with Crippen molar-refractivity contribution in [3.8, 4) is 5.75 Å². The summed E-state index contributed by atoms with van der Waals surface area (Å²) in [5, 5.41) is 16.5. The third kappa shape index (κ3) is 6.67. The topological polar surface area (TPSA) is 122 Å². The number of hydrogen-bond acceptors (Lipinski definition) is 7. The highest BCUT2D eigenvalue weighted by atomic mass is 16.3. The minimum absolute atomic E-state index is 0.0218. The van der Waals surface area contributed by atoms with Crippen LogP contribution in [0.25, 0.3) is 0 Å². The summed E-state index contributed by atoms with van der Waals surface area (Å²) in [6, 6.07) is 30.1. The zero-order valence-electron chi connectivity index (χ0n) is 32.2. The summed E-state index contributed by atoms with van der Waals surface area (Å²) in [5.74, 6) is 0.334. The van der Waals surface area contributed by atoms with Gasteiger partial charge in [0.1, 0.15) is 11.8 Å². The second kappa shape index (κ2) is 14.5. The molecule has 292 valence electrons. The zero-order chi connectivity index (χ0) is 38.8. The molecule has 3 atom stereocenters. The van der Waals surface area contributed by atoms with E-state index < -0.39 is 11.9 Å². The number of hydrogen-bond donors (Lipinski definition) is 3. The number of aromatic hydroxyl groups is 1. The molecule has 4 aromatic rings. The molecule has 1 saturated carbocycles. The van der Waals surface area contributed by atoms with Crippen LogP contribution in [0.1, 0.15) is 106 Å². The fourth-order valence-electron chi connectivity index (χ4n) is 10.7. The van der Waals surface area contributed by atoms with Gasteiger partial charge in [-0.1, -0.05) is 54.6 Å². The van der Waals surface area contributed by atoms with Crippen molar-refractivity contribution in [1.29, 1.82) is 0 Å². The van der Waals surface area contributed by atoms with Gasteiger partial charge in [0, 0.05) is 74.3 Å². The van der Waals surface area contributed by atoms with E-state index >= 15 is 0 Å². The average Bonchev–Trinajstić information content (AvgIpc) is 3.77. The first-order valence-electron chi connectivity index (χ1n) is 20.8. The first-order chi connectivity index (χ1) is 27.8. The van der Waals surface area contributed by atoms with Crippen molar-refractivity contribution in [1.82, 2.24) is 20.4 Å². The third-order valence-electron chi connectivity index (χ3n) is 13.7. The van der Waals surface area contributed by atoms with Gasteiger partial charge in [-0.15, -0.1) is 0 Å². The summed E-state index contributed by atoms with van der Waals surface area (Å²) in [6.07, 6.45) is 6.34. The Labute approximate surface area is 333 Å². The van der Waals surface area contributed by atoms with Crippen molar-refractivity contribution in [3.63, 3.8) is 0 Å². The van der Waals surface area contributed by atoms with Crippen LogP contribution in [0.15, 0.2) is 84.9 Å². The monoisotopic (exact) mass is 763 g/mol. The number of carbonyl (C=O) groups excluding carboxylic acids is 4. The Kier molecular flexibility index (Phi) is 9.12. The van der Waals surface area contributed by atoms with Gasteiger partial charge < -0.3 is 25.1 Å². The van der Waals surface area contributed by atoms with Crippen LogP contribution >= 0.6 is 0 Å². The number of anilines is 1. The predicted octanol–water partition coefficient (Wildman–Crippen LogP) is 5.89. The Morgan fingerprint density at radius 3 is 2.21 bits per heavy atom. The van der Waals surface area contributed by atoms with Crippen molar-refractivity contribution in [2.75, 3.05) is 18.0 Å². The van der Waals surface area contributed by atoms with E-state index in [0.29, 0.717) is 55.4 Å². The van der Waals surface area contributed by atoms with Gasteiger partial charge in [-0.25, -0.2) is 0 Å². The summed E-state index contributed by atoms with van der Waals surface area (Å²) in [6.45, 7) is 3.36. The number of phenolic OH excluding ortho intramolecular Hbond substituents is 1. The third-order valence-corrected chi connectivity index (χ3v) is 13.7. The molecule has 10 rings (SSSR count). The summed E-state index contributed by atoms with van der Waals surface area (Å²) in [4.78, 5) is 57.1. The lowest BCUT2D eigenvalue weighted by atomic mass is 9.69. The lowest BCUT2D eigenvalue weighted by molar-refractivity contribution is -0.138. The van der Waals surface area contributed by atoms with E-state index in [4.69, 9.17) is 0 Å². The summed E-state index contributed by atoms with van der Waals surface area (Å²) >= 11 is 0. The fraction of sp³-hybridized carbons (Fsp3) is 0.404. The number of phenols is 1. The maximum Gasteiger partial charge on any atom is 0.255 e. The van der Waals surface area contributed by atoms with Crippen LogP contribution in [0.3, 0.4) is 0 Å². The first kappa shape index (κ1) is 35.9. The van der Waals surface area contributed by atoms with Crippen LogP contribution in [0.2, 0.25) is 0 Å². The SMILES string of the molecule is O=C1CCC(N2Cc3cc4c(cc3C2=O)CN(C(=O)C2CCC(NC3CN(c5ccc([C@@H]6c7ccc(O)cc7CC[C@@H]6c6ccccc6)cc5)C3)CC2)C4)C(=O)N1. The molecule has 0 radical (unpaired) electrons. The van der Waals surface area contributed by atoms with Gasteiger partial charge in [0.05, 0.1) is 0 Å². The number of carbonyl (C=O) groups is 4. The molecule has 6 aliphatic rings. The van der Waals surface area contributed by atoms with Crippen LogP contribution < -0.4 is 15.5 Å². The van der Waals surface area contributed by atoms with E-state index in [1.54, 1.807) is 4.90 Å². The maximum absolute atomic E-state index is 13.7. The predicted molar refractivity (Wildman–Crippen MR) is 216 cm³/mol. The van der Waals surface area contributed by atoms with E-state index in [1.807, 2.05) is 29.2 Å². The first-order valence-corrected chi connectivity index (χ1v) is 20.8. The second-order valence-electron chi connectivity index (χ2n) is 17.2. The maximum atomic E-state index is 13.7. The number of nitrogens with one attached hydrogen (secondary N) is 2. The van der Waals surface area contributed by atoms with Gasteiger partial charge in [0.25, 0.3) is 5.91 Å². The van der Waals surface area contributed by atoms with E-state index in [1.165, 1.54) is 27.9 Å². The quantitative estimate of drug-likeness (QED) is 0.201. The van der Waals surface area contributed by atoms with Crippen molar-refractivity contribution >= 4 is 29.3 Å². The van der Waals surface area contributed by atoms with E-state index in [9.17, 15) is 24.3 Å². The largest absolute Gasteiger partial charge is 0.508 e. The van der Waals surface area contributed by atoms with Crippen molar-refractivity contribution in [3.05, 3.63) is 129 Å². The van der Waals surface area contributed by atoms with Crippen LogP contribution in [0.5, 0.6) is 5.75 Å². The molecule has 57 heavy (non-hydrogen) atoms. The lowest BCUT2D eigenvalue weighted by Gasteiger charge is -2.44. The van der Waals surface area contributed by atoms with E-state index in [2.05, 4.69) is 76.2 Å². The second-order valence-corrected chi connectivity index (χ2v) is 17.2. The summed E-state index contributed by atoms with van der Waals surface area (Å²) in [5.41, 5.74) is 10.1. The van der Waals surface area contributed by atoms with Crippen molar-refractivity contribution in [2.45, 2.75) is 101 Å². The minimum Gasteiger partial charge on any atom is -0.508 e. The number of nitrogens with zero attached hydrogens (tertiary/aromatic N) is 3. The molecule has 0 spiro atoms. The molecule has 10 heteroatoms. The van der Waals surface area contributed by atoms with Crippen LogP contribution in [0, 0.1) is 5.92 Å². The van der Waals surface area contributed by atoms with Gasteiger partial charge in [-0.05, 0) is 120 Å².